The van der Waals surface area contributed by atoms with Crippen molar-refractivity contribution >= 4 is 0 Å². The summed E-state index contributed by atoms with van der Waals surface area (Å²) in [6, 6.07) is 0. The van der Waals surface area contributed by atoms with Crippen LogP contribution in [-0.2, 0) is 0 Å². The number of nitrogens with one attached hydrogen (secondary N) is 2. The van der Waals surface area contributed by atoms with Crippen LogP contribution in [0.5, 0.6) is 0 Å². The Kier molecular flexibility index (Phi) is 4.90. The largest absolute Gasteiger partial charge is 0.255 e. The Balaban J connectivity index is 2.72. The molecule has 0 aliphatic carbocycles. The SMILES string of the molecule is CCCNNC(C)F. The summed E-state index contributed by atoms with van der Waals surface area (Å²) in [5.41, 5.74) is 5.14. The van der Waals surface area contributed by atoms with Crippen LogP contribution in [-0.4, -0.2) is 12.8 Å². The minimum atomic E-state index is -0.957. The van der Waals surface area contributed by atoms with Gasteiger partial charge < -0.3 is 0 Å². The average molecular weight is 120 g/mol. The summed E-state index contributed by atoms with van der Waals surface area (Å²) in [6.07, 6.45) is 0.0567. The lowest BCUT2D eigenvalue weighted by molar-refractivity contribution is 0.264. The molecule has 0 fully saturated rings. The lowest BCUT2D eigenvalue weighted by Gasteiger charge is -2.04. The molecule has 0 bridgehead atoms. The summed E-state index contributed by atoms with van der Waals surface area (Å²) >= 11 is 0. The van der Waals surface area contributed by atoms with Crippen molar-refractivity contribution in [3.05, 3.63) is 0 Å². The van der Waals surface area contributed by atoms with E-state index in [9.17, 15) is 4.39 Å². The first-order chi connectivity index (χ1) is 3.77. The molecule has 0 heterocycles. The fraction of sp³-hybridized carbons (Fsp3) is 1.00. The van der Waals surface area contributed by atoms with Crippen LogP contribution in [0, 0.1) is 0 Å². The normalized spacial score (nSPS) is 13.9. The van der Waals surface area contributed by atoms with Crippen molar-refractivity contribution in [3.63, 3.8) is 0 Å². The topological polar surface area (TPSA) is 24.1 Å². The van der Waals surface area contributed by atoms with Crippen molar-refractivity contribution < 1.29 is 4.39 Å². The van der Waals surface area contributed by atoms with E-state index in [1.807, 2.05) is 6.92 Å². The highest BCUT2D eigenvalue weighted by molar-refractivity contribution is 4.38. The zero-order valence-electron chi connectivity index (χ0n) is 5.37. The lowest BCUT2D eigenvalue weighted by atomic mass is 10.5. The Hall–Kier alpha value is -0.150. The van der Waals surface area contributed by atoms with Gasteiger partial charge in [-0.15, -0.1) is 0 Å². The quantitative estimate of drug-likeness (QED) is 0.326. The van der Waals surface area contributed by atoms with Crippen LogP contribution in [0.2, 0.25) is 0 Å². The Bertz CT molecular complexity index is 47.7. The van der Waals surface area contributed by atoms with Crippen LogP contribution < -0.4 is 10.9 Å². The lowest BCUT2D eigenvalue weighted by Crippen LogP contribution is -2.36. The second kappa shape index (κ2) is 5.00. The van der Waals surface area contributed by atoms with Crippen molar-refractivity contribution in [2.75, 3.05) is 6.54 Å². The molecule has 0 aromatic heterocycles. The van der Waals surface area contributed by atoms with Crippen molar-refractivity contribution in [1.82, 2.24) is 10.9 Å². The second-order valence-corrected chi connectivity index (χ2v) is 1.69. The Morgan fingerprint density at radius 2 is 2.25 bits per heavy atom. The molecule has 0 rings (SSSR count). The van der Waals surface area contributed by atoms with Crippen LogP contribution in [0.4, 0.5) is 4.39 Å². The summed E-state index contributed by atoms with van der Waals surface area (Å²) in [4.78, 5) is 0. The predicted molar refractivity (Wildman–Crippen MR) is 32.0 cm³/mol. The van der Waals surface area contributed by atoms with Crippen LogP contribution in [0.3, 0.4) is 0 Å². The maximum absolute atomic E-state index is 11.9. The fourth-order valence-electron chi connectivity index (χ4n) is 0.338. The number of rotatable bonds is 4. The van der Waals surface area contributed by atoms with E-state index in [0.717, 1.165) is 13.0 Å². The first-order valence-electron chi connectivity index (χ1n) is 2.89. The number of hydrogen-bond acceptors (Lipinski definition) is 2. The average Bonchev–Trinajstić information content (AvgIpc) is 1.66. The van der Waals surface area contributed by atoms with E-state index in [1.165, 1.54) is 6.92 Å². The van der Waals surface area contributed by atoms with Crippen molar-refractivity contribution in [3.8, 4) is 0 Å². The van der Waals surface area contributed by atoms with Gasteiger partial charge in [0, 0.05) is 6.54 Å². The molecule has 2 nitrogen and oxygen atoms in total. The monoisotopic (exact) mass is 120 g/mol. The van der Waals surface area contributed by atoms with Gasteiger partial charge in [0.25, 0.3) is 0 Å². The van der Waals surface area contributed by atoms with E-state index in [2.05, 4.69) is 10.9 Å². The van der Waals surface area contributed by atoms with Crippen LogP contribution in [0.25, 0.3) is 0 Å². The molecule has 8 heavy (non-hydrogen) atoms. The highest BCUT2D eigenvalue weighted by atomic mass is 19.1. The van der Waals surface area contributed by atoms with Crippen molar-refractivity contribution in [1.29, 1.82) is 0 Å². The van der Waals surface area contributed by atoms with E-state index in [-0.39, 0.29) is 0 Å². The molecular formula is C5H13FN2. The minimum Gasteiger partial charge on any atom is -0.255 e. The van der Waals surface area contributed by atoms with E-state index >= 15 is 0 Å². The molecule has 0 spiro atoms. The molecular weight excluding hydrogens is 107 g/mol. The summed E-state index contributed by atoms with van der Waals surface area (Å²) in [5.74, 6) is 0. The van der Waals surface area contributed by atoms with E-state index < -0.39 is 6.30 Å². The van der Waals surface area contributed by atoms with Gasteiger partial charge in [0.05, 0.1) is 0 Å². The first-order valence-corrected chi connectivity index (χ1v) is 2.89. The second-order valence-electron chi connectivity index (χ2n) is 1.69. The molecule has 0 aliphatic heterocycles. The number of hydrazine groups is 1. The molecule has 0 radical (unpaired) electrons. The summed E-state index contributed by atoms with van der Waals surface area (Å²) in [6.45, 7) is 4.29. The minimum absolute atomic E-state index is 0.814. The van der Waals surface area contributed by atoms with E-state index in [4.69, 9.17) is 0 Å². The first kappa shape index (κ1) is 7.85. The van der Waals surface area contributed by atoms with Gasteiger partial charge in [-0.25, -0.2) is 9.82 Å². The smallest absolute Gasteiger partial charge is 0.160 e. The molecule has 2 N–H and O–H groups in total. The molecule has 3 heteroatoms. The van der Waals surface area contributed by atoms with Crippen molar-refractivity contribution in [2.45, 2.75) is 26.6 Å². The molecule has 1 atom stereocenters. The third-order valence-electron chi connectivity index (χ3n) is 0.676. The molecule has 0 saturated heterocycles. The molecule has 0 aliphatic rings. The zero-order chi connectivity index (χ0) is 6.41. The van der Waals surface area contributed by atoms with Gasteiger partial charge in [-0.05, 0) is 13.3 Å². The maximum Gasteiger partial charge on any atom is 0.160 e. The number of alkyl halides is 1. The highest BCUT2D eigenvalue weighted by Crippen LogP contribution is 1.75. The Morgan fingerprint density at radius 1 is 1.62 bits per heavy atom. The zero-order valence-corrected chi connectivity index (χ0v) is 5.37. The number of hydrogen-bond donors (Lipinski definition) is 2. The van der Waals surface area contributed by atoms with Crippen LogP contribution in [0.1, 0.15) is 20.3 Å². The molecule has 0 saturated carbocycles. The molecule has 1 unspecified atom stereocenters. The van der Waals surface area contributed by atoms with E-state index in [1.54, 1.807) is 0 Å². The summed E-state index contributed by atoms with van der Waals surface area (Å²) in [7, 11) is 0. The van der Waals surface area contributed by atoms with E-state index in [0.29, 0.717) is 0 Å². The van der Waals surface area contributed by atoms with Gasteiger partial charge in [-0.3, -0.25) is 5.43 Å². The molecule has 0 amide bonds. The Labute approximate surface area is 49.4 Å². The summed E-state index contributed by atoms with van der Waals surface area (Å²) in [5, 5.41) is 0. The van der Waals surface area contributed by atoms with Gasteiger partial charge in [0.15, 0.2) is 6.30 Å². The third kappa shape index (κ3) is 5.85. The highest BCUT2D eigenvalue weighted by Gasteiger charge is 1.90. The third-order valence-corrected chi connectivity index (χ3v) is 0.676. The van der Waals surface area contributed by atoms with Crippen molar-refractivity contribution in [2.24, 2.45) is 0 Å². The molecule has 0 aromatic rings. The maximum atomic E-state index is 11.9. The van der Waals surface area contributed by atoms with Gasteiger partial charge in [0.1, 0.15) is 0 Å². The Morgan fingerprint density at radius 3 is 2.62 bits per heavy atom. The van der Waals surface area contributed by atoms with Crippen LogP contribution in [0.15, 0.2) is 0 Å². The predicted octanol–water partition coefficient (Wildman–Crippen LogP) is 0.806. The van der Waals surface area contributed by atoms with Crippen LogP contribution >= 0.6 is 0 Å². The standard InChI is InChI=1S/C5H13FN2/c1-3-4-7-8-5(2)6/h5,7-8H,3-4H2,1-2H3. The van der Waals surface area contributed by atoms with Gasteiger partial charge in [-0.2, -0.15) is 0 Å². The number of halogens is 1. The fourth-order valence-corrected chi connectivity index (χ4v) is 0.338. The van der Waals surface area contributed by atoms with Gasteiger partial charge in [-0.1, -0.05) is 6.92 Å². The summed E-state index contributed by atoms with van der Waals surface area (Å²) < 4.78 is 11.9. The van der Waals surface area contributed by atoms with Gasteiger partial charge in [0.2, 0.25) is 0 Å². The van der Waals surface area contributed by atoms with Gasteiger partial charge >= 0.3 is 0 Å². The molecule has 50 valence electrons. The molecule has 0 aromatic carbocycles.